The van der Waals surface area contributed by atoms with E-state index in [9.17, 15) is 0 Å². The maximum Gasteiger partial charge on any atom is 2.00 e. The van der Waals surface area contributed by atoms with Gasteiger partial charge in [-0.3, -0.25) is 0 Å². The zero-order chi connectivity index (χ0) is 6.97. The normalized spacial score (nSPS) is 8.75. The molecular formula is C9H8BrMgN. The molecule has 12 heavy (non-hydrogen) atoms. The predicted octanol–water partition coefficient (Wildman–Crippen LogP) is -1.27. The van der Waals surface area contributed by atoms with Gasteiger partial charge in [-0.15, -0.1) is 5.52 Å². The van der Waals surface area contributed by atoms with Crippen LogP contribution in [-0.4, -0.2) is 23.1 Å². The minimum Gasteiger partial charge on any atom is -1.00 e. The molecule has 0 saturated heterocycles. The van der Waals surface area contributed by atoms with E-state index < -0.39 is 0 Å². The van der Waals surface area contributed by atoms with Gasteiger partial charge in [0.2, 0.25) is 0 Å². The Hall–Kier alpha value is 0.00623. The molecule has 0 bridgehead atoms. The molecule has 1 nitrogen and oxygen atoms in total. The second-order valence-electron chi connectivity index (χ2n) is 2.46. The molecule has 2 rings (SSSR count). The number of halogens is 1. The molecule has 1 aromatic heterocycles. The molecule has 0 radical (unpaired) electrons. The first-order valence-electron chi connectivity index (χ1n) is 3.35. The Bertz CT molecular complexity index is 356. The Kier molecular flexibility index (Phi) is 4.90. The van der Waals surface area contributed by atoms with Gasteiger partial charge in [0.05, 0.1) is 0 Å². The van der Waals surface area contributed by atoms with Gasteiger partial charge in [0.15, 0.2) is 0 Å². The van der Waals surface area contributed by atoms with Gasteiger partial charge in [-0.1, -0.05) is 29.8 Å². The van der Waals surface area contributed by atoms with Gasteiger partial charge in [-0.2, -0.15) is 6.20 Å². The summed E-state index contributed by atoms with van der Waals surface area (Å²) in [4.78, 5) is 4.22. The van der Waals surface area contributed by atoms with Crippen LogP contribution in [0.4, 0.5) is 0 Å². The van der Waals surface area contributed by atoms with Crippen molar-refractivity contribution < 1.29 is 17.0 Å². The average Bonchev–Trinajstić information content (AvgIpc) is 2.34. The SMILES string of the molecule is Cc1c[n-]c2ccccc12.[Br-].[Mg+2]. The molecule has 0 amide bonds. The zero-order valence-electron chi connectivity index (χ0n) is 6.92. The number of hydrogen-bond donors (Lipinski definition) is 0. The van der Waals surface area contributed by atoms with Crippen LogP contribution in [0.3, 0.4) is 0 Å². The summed E-state index contributed by atoms with van der Waals surface area (Å²) in [5.74, 6) is 0. The Morgan fingerprint density at radius 2 is 1.83 bits per heavy atom. The molecule has 1 aromatic carbocycles. The molecule has 58 valence electrons. The smallest absolute Gasteiger partial charge is 1.00 e. The topological polar surface area (TPSA) is 14.1 Å². The fourth-order valence-corrected chi connectivity index (χ4v) is 1.16. The number of nitrogens with zero attached hydrogens (tertiary/aromatic N) is 1. The number of para-hydroxylation sites is 1. The van der Waals surface area contributed by atoms with Gasteiger partial charge in [0, 0.05) is 0 Å². The molecule has 0 fully saturated rings. The van der Waals surface area contributed by atoms with Gasteiger partial charge >= 0.3 is 23.1 Å². The van der Waals surface area contributed by atoms with Gasteiger partial charge in [-0.05, 0) is 12.3 Å². The summed E-state index contributed by atoms with van der Waals surface area (Å²) in [6.07, 6.45) is 1.91. The van der Waals surface area contributed by atoms with E-state index in [0.717, 1.165) is 5.52 Å². The third-order valence-electron chi connectivity index (χ3n) is 1.73. The minimum absolute atomic E-state index is 0. The van der Waals surface area contributed by atoms with Crippen molar-refractivity contribution in [2.24, 2.45) is 0 Å². The predicted molar refractivity (Wildman–Crippen MR) is 47.8 cm³/mol. The fourth-order valence-electron chi connectivity index (χ4n) is 1.16. The quantitative estimate of drug-likeness (QED) is 0.519. The molecule has 0 aliphatic carbocycles. The average molecular weight is 234 g/mol. The molecule has 0 unspecified atom stereocenters. The Balaban J connectivity index is 0.000000605. The summed E-state index contributed by atoms with van der Waals surface area (Å²) in [5, 5.41) is 1.27. The van der Waals surface area contributed by atoms with Gasteiger partial charge < -0.3 is 22.0 Å². The van der Waals surface area contributed by atoms with E-state index in [2.05, 4.69) is 18.0 Å². The van der Waals surface area contributed by atoms with Crippen LogP contribution in [-0.2, 0) is 0 Å². The number of fused-ring (bicyclic) bond motifs is 1. The summed E-state index contributed by atoms with van der Waals surface area (Å²) in [6.45, 7) is 2.08. The molecular weight excluding hydrogens is 226 g/mol. The Morgan fingerprint density at radius 3 is 2.50 bits per heavy atom. The minimum atomic E-state index is 0. The fraction of sp³-hybridized carbons (Fsp3) is 0.111. The van der Waals surface area contributed by atoms with Crippen molar-refractivity contribution in [2.45, 2.75) is 6.92 Å². The summed E-state index contributed by atoms with van der Waals surface area (Å²) in [5.41, 5.74) is 2.36. The Labute approximate surface area is 98.5 Å². The molecule has 3 heteroatoms. The van der Waals surface area contributed by atoms with Crippen LogP contribution < -0.4 is 22.0 Å². The van der Waals surface area contributed by atoms with E-state index in [0.29, 0.717) is 0 Å². The van der Waals surface area contributed by atoms with Crippen molar-refractivity contribution >= 4 is 34.0 Å². The second-order valence-corrected chi connectivity index (χ2v) is 2.46. The first-order valence-corrected chi connectivity index (χ1v) is 3.35. The van der Waals surface area contributed by atoms with E-state index in [-0.39, 0.29) is 40.0 Å². The van der Waals surface area contributed by atoms with Crippen LogP contribution in [0.1, 0.15) is 5.56 Å². The van der Waals surface area contributed by atoms with Crippen LogP contribution in [0.25, 0.3) is 10.9 Å². The van der Waals surface area contributed by atoms with E-state index >= 15 is 0 Å². The second kappa shape index (κ2) is 4.89. The van der Waals surface area contributed by atoms with E-state index in [1.54, 1.807) is 0 Å². The molecule has 2 aromatic rings. The third-order valence-corrected chi connectivity index (χ3v) is 1.73. The van der Waals surface area contributed by atoms with Crippen molar-refractivity contribution in [3.05, 3.63) is 36.0 Å². The third kappa shape index (κ3) is 2.03. The van der Waals surface area contributed by atoms with Gasteiger partial charge in [0.1, 0.15) is 0 Å². The van der Waals surface area contributed by atoms with Crippen LogP contribution in [0, 0.1) is 6.92 Å². The summed E-state index contributed by atoms with van der Waals surface area (Å²) in [6, 6.07) is 8.17. The molecule has 0 atom stereocenters. The summed E-state index contributed by atoms with van der Waals surface area (Å²) in [7, 11) is 0. The first-order chi connectivity index (χ1) is 4.88. The standard InChI is InChI=1S/C9H8N.BrH.Mg/c1-7-6-10-9-5-3-2-4-8(7)9;;/h2-6H,1H3;1H;/q-1;;+2/p-1. The Morgan fingerprint density at radius 1 is 1.17 bits per heavy atom. The molecule has 1 heterocycles. The van der Waals surface area contributed by atoms with Gasteiger partial charge in [-0.25, -0.2) is 0 Å². The first kappa shape index (κ1) is 12.0. The van der Waals surface area contributed by atoms with Gasteiger partial charge in [0.25, 0.3) is 0 Å². The van der Waals surface area contributed by atoms with E-state index in [4.69, 9.17) is 0 Å². The molecule has 0 aliphatic heterocycles. The number of benzene rings is 1. The molecule has 0 spiro atoms. The zero-order valence-corrected chi connectivity index (χ0v) is 9.92. The van der Waals surface area contributed by atoms with Crippen molar-refractivity contribution in [1.82, 2.24) is 4.98 Å². The molecule has 0 saturated carbocycles. The van der Waals surface area contributed by atoms with Crippen molar-refractivity contribution in [2.75, 3.05) is 0 Å². The number of hydrogen-bond acceptors (Lipinski definition) is 0. The summed E-state index contributed by atoms with van der Waals surface area (Å²) >= 11 is 0. The number of rotatable bonds is 0. The maximum absolute atomic E-state index is 4.22. The maximum atomic E-state index is 4.22. The molecule has 0 aliphatic rings. The van der Waals surface area contributed by atoms with Crippen LogP contribution in [0.15, 0.2) is 30.5 Å². The van der Waals surface area contributed by atoms with Crippen LogP contribution >= 0.6 is 0 Å². The van der Waals surface area contributed by atoms with E-state index in [1.165, 1.54) is 10.9 Å². The number of aryl methyl sites for hydroxylation is 1. The monoisotopic (exact) mass is 233 g/mol. The molecule has 0 N–H and O–H groups in total. The van der Waals surface area contributed by atoms with Crippen LogP contribution in [0.5, 0.6) is 0 Å². The van der Waals surface area contributed by atoms with Crippen molar-refractivity contribution in [3.8, 4) is 0 Å². The van der Waals surface area contributed by atoms with E-state index in [1.807, 2.05) is 24.4 Å². The van der Waals surface area contributed by atoms with Crippen molar-refractivity contribution in [1.29, 1.82) is 0 Å². The van der Waals surface area contributed by atoms with Crippen molar-refractivity contribution in [3.63, 3.8) is 0 Å². The number of aromatic nitrogens is 1. The van der Waals surface area contributed by atoms with Crippen LogP contribution in [0.2, 0.25) is 0 Å². The summed E-state index contributed by atoms with van der Waals surface area (Å²) < 4.78 is 0. The largest absolute Gasteiger partial charge is 2.00 e.